The third-order valence-electron chi connectivity index (χ3n) is 3.30. The van der Waals surface area contributed by atoms with Crippen LogP contribution in [0.5, 0.6) is 0 Å². The zero-order valence-electron chi connectivity index (χ0n) is 10.5. The molecule has 0 aromatic heterocycles. The molecule has 1 saturated carbocycles. The van der Waals surface area contributed by atoms with Crippen molar-refractivity contribution in [1.82, 2.24) is 5.32 Å². The van der Waals surface area contributed by atoms with E-state index in [9.17, 15) is 18.7 Å². The smallest absolute Gasteiger partial charge is 0.220 e. The van der Waals surface area contributed by atoms with Crippen molar-refractivity contribution in [2.24, 2.45) is 5.92 Å². The Morgan fingerprint density at radius 2 is 2.11 bits per heavy atom. The predicted octanol–water partition coefficient (Wildman–Crippen LogP) is 1.78. The second-order valence-corrected chi connectivity index (χ2v) is 4.96. The van der Waals surface area contributed by atoms with E-state index in [0.717, 1.165) is 25.0 Å². The molecule has 104 valence electrons. The summed E-state index contributed by atoms with van der Waals surface area (Å²) in [6, 6.07) is 3.62. The quantitative estimate of drug-likeness (QED) is 0.827. The summed E-state index contributed by atoms with van der Waals surface area (Å²) in [4.78, 5) is 11.5. The molecule has 1 aliphatic rings. The zero-order valence-corrected chi connectivity index (χ0v) is 10.5. The van der Waals surface area contributed by atoms with Crippen molar-refractivity contribution < 1.29 is 18.7 Å². The zero-order chi connectivity index (χ0) is 13.8. The Kier molecular flexibility index (Phi) is 4.47. The van der Waals surface area contributed by atoms with Crippen LogP contribution < -0.4 is 5.32 Å². The van der Waals surface area contributed by atoms with Crippen molar-refractivity contribution in [3.05, 3.63) is 35.4 Å². The molecule has 3 nitrogen and oxygen atoms in total. The van der Waals surface area contributed by atoms with Gasteiger partial charge in [0.2, 0.25) is 5.91 Å². The van der Waals surface area contributed by atoms with Gasteiger partial charge >= 0.3 is 0 Å². The molecule has 1 aromatic carbocycles. The van der Waals surface area contributed by atoms with Crippen LogP contribution in [0.4, 0.5) is 8.78 Å². The highest BCUT2D eigenvalue weighted by Crippen LogP contribution is 2.32. The molecular formula is C14H17F2NO2. The topological polar surface area (TPSA) is 49.3 Å². The van der Waals surface area contributed by atoms with Crippen LogP contribution in [-0.2, 0) is 11.2 Å². The summed E-state index contributed by atoms with van der Waals surface area (Å²) in [6.07, 6.45) is 2.12. The van der Waals surface area contributed by atoms with E-state index in [0.29, 0.717) is 17.9 Å². The lowest BCUT2D eigenvalue weighted by molar-refractivity contribution is -0.121. The van der Waals surface area contributed by atoms with E-state index in [-0.39, 0.29) is 18.9 Å². The lowest BCUT2D eigenvalue weighted by atomic mass is 10.1. The molecule has 2 rings (SSSR count). The molecule has 0 radical (unpaired) electrons. The monoisotopic (exact) mass is 269 g/mol. The minimum atomic E-state index is -0.901. The molecule has 0 heterocycles. The Labute approximate surface area is 110 Å². The van der Waals surface area contributed by atoms with Crippen molar-refractivity contribution in [3.63, 3.8) is 0 Å². The summed E-state index contributed by atoms with van der Waals surface area (Å²) in [5.74, 6) is -1.65. The fourth-order valence-electron chi connectivity index (χ4n) is 1.91. The van der Waals surface area contributed by atoms with Crippen LogP contribution in [0.25, 0.3) is 0 Å². The average Bonchev–Trinajstić information content (AvgIpc) is 3.21. The maximum Gasteiger partial charge on any atom is 0.220 e. The first-order chi connectivity index (χ1) is 9.06. The van der Waals surface area contributed by atoms with E-state index in [4.69, 9.17) is 0 Å². The molecule has 1 unspecified atom stereocenters. The summed E-state index contributed by atoms with van der Waals surface area (Å²) in [6.45, 7) is 0.265. The van der Waals surface area contributed by atoms with E-state index in [1.54, 1.807) is 0 Å². The molecule has 0 bridgehead atoms. The largest absolute Gasteiger partial charge is 0.391 e. The Morgan fingerprint density at radius 3 is 2.74 bits per heavy atom. The van der Waals surface area contributed by atoms with Crippen LogP contribution in [0, 0.1) is 17.6 Å². The number of halogens is 2. The van der Waals surface area contributed by atoms with Gasteiger partial charge in [0.15, 0.2) is 11.6 Å². The van der Waals surface area contributed by atoms with Crippen LogP contribution in [-0.4, -0.2) is 23.7 Å². The first-order valence-electron chi connectivity index (χ1n) is 6.45. The van der Waals surface area contributed by atoms with Crippen LogP contribution in [0.2, 0.25) is 0 Å². The molecule has 1 fully saturated rings. The van der Waals surface area contributed by atoms with Gasteiger partial charge in [-0.25, -0.2) is 8.78 Å². The number of carbonyl (C=O) groups excluding carboxylic acids is 1. The fourth-order valence-corrected chi connectivity index (χ4v) is 1.91. The molecule has 1 aliphatic carbocycles. The SMILES string of the molecule is O=C(CCc1ccc(F)c(F)c1)NCC(O)C1CC1. The average molecular weight is 269 g/mol. The van der Waals surface area contributed by atoms with Crippen LogP contribution in [0.3, 0.4) is 0 Å². The number of nitrogens with one attached hydrogen (secondary N) is 1. The van der Waals surface area contributed by atoms with Crippen molar-refractivity contribution in [2.75, 3.05) is 6.54 Å². The van der Waals surface area contributed by atoms with Gasteiger partial charge in [-0.3, -0.25) is 4.79 Å². The second-order valence-electron chi connectivity index (χ2n) is 4.96. The van der Waals surface area contributed by atoms with Crippen LogP contribution in [0.1, 0.15) is 24.8 Å². The molecular weight excluding hydrogens is 252 g/mol. The molecule has 1 amide bonds. The molecule has 5 heteroatoms. The number of rotatable bonds is 6. The molecule has 0 saturated heterocycles. The van der Waals surface area contributed by atoms with Gasteiger partial charge in [-0.15, -0.1) is 0 Å². The first-order valence-corrected chi connectivity index (χ1v) is 6.45. The number of aliphatic hydroxyl groups is 1. The lowest BCUT2D eigenvalue weighted by Crippen LogP contribution is -2.33. The summed E-state index contributed by atoms with van der Waals surface area (Å²) >= 11 is 0. The van der Waals surface area contributed by atoms with Gasteiger partial charge in [0.05, 0.1) is 6.10 Å². The second kappa shape index (κ2) is 6.10. The van der Waals surface area contributed by atoms with Gasteiger partial charge in [0.1, 0.15) is 0 Å². The van der Waals surface area contributed by atoms with E-state index in [2.05, 4.69) is 5.32 Å². The summed E-state index contributed by atoms with van der Waals surface area (Å²) in [5, 5.41) is 12.2. The van der Waals surface area contributed by atoms with E-state index in [1.807, 2.05) is 0 Å². The van der Waals surface area contributed by atoms with Crippen molar-refractivity contribution in [1.29, 1.82) is 0 Å². The van der Waals surface area contributed by atoms with Gasteiger partial charge in [0.25, 0.3) is 0 Å². The maximum absolute atomic E-state index is 12.9. The van der Waals surface area contributed by atoms with Gasteiger partial charge < -0.3 is 10.4 Å². The minimum Gasteiger partial charge on any atom is -0.391 e. The summed E-state index contributed by atoms with van der Waals surface area (Å²) < 4.78 is 25.7. The predicted molar refractivity (Wildman–Crippen MR) is 66.4 cm³/mol. The maximum atomic E-state index is 12.9. The Morgan fingerprint density at radius 1 is 1.37 bits per heavy atom. The number of aryl methyl sites for hydroxylation is 1. The first kappa shape index (κ1) is 13.9. The third kappa shape index (κ3) is 4.28. The van der Waals surface area contributed by atoms with Gasteiger partial charge in [-0.1, -0.05) is 6.07 Å². The highest BCUT2D eigenvalue weighted by Gasteiger charge is 2.29. The van der Waals surface area contributed by atoms with Gasteiger partial charge in [-0.05, 0) is 42.9 Å². The molecule has 1 atom stereocenters. The van der Waals surface area contributed by atoms with Gasteiger partial charge in [-0.2, -0.15) is 0 Å². The number of hydrogen-bond donors (Lipinski definition) is 2. The van der Waals surface area contributed by atoms with Crippen molar-refractivity contribution >= 4 is 5.91 Å². The number of hydrogen-bond acceptors (Lipinski definition) is 2. The Bertz CT molecular complexity index is 461. The van der Waals surface area contributed by atoms with Crippen LogP contribution >= 0.6 is 0 Å². The van der Waals surface area contributed by atoms with E-state index in [1.165, 1.54) is 6.07 Å². The van der Waals surface area contributed by atoms with Gasteiger partial charge in [0, 0.05) is 13.0 Å². The summed E-state index contributed by atoms with van der Waals surface area (Å²) in [7, 11) is 0. The summed E-state index contributed by atoms with van der Waals surface area (Å²) in [5.41, 5.74) is 0.580. The Balaban J connectivity index is 1.71. The fraction of sp³-hybridized carbons (Fsp3) is 0.500. The normalized spacial score (nSPS) is 16.2. The van der Waals surface area contributed by atoms with Crippen LogP contribution in [0.15, 0.2) is 18.2 Å². The van der Waals surface area contributed by atoms with Crippen molar-refractivity contribution in [2.45, 2.75) is 31.8 Å². The highest BCUT2D eigenvalue weighted by molar-refractivity contribution is 5.76. The molecule has 19 heavy (non-hydrogen) atoms. The van der Waals surface area contributed by atoms with E-state index < -0.39 is 17.7 Å². The number of benzene rings is 1. The third-order valence-corrected chi connectivity index (χ3v) is 3.30. The number of carbonyl (C=O) groups is 1. The lowest BCUT2D eigenvalue weighted by Gasteiger charge is -2.10. The highest BCUT2D eigenvalue weighted by atomic mass is 19.2. The molecule has 0 aliphatic heterocycles. The Hall–Kier alpha value is -1.49. The van der Waals surface area contributed by atoms with Crippen molar-refractivity contribution in [3.8, 4) is 0 Å². The standard InChI is InChI=1S/C14H17F2NO2/c15-11-5-1-9(7-12(11)16)2-6-14(19)17-8-13(18)10-3-4-10/h1,5,7,10,13,18H,2-4,6,8H2,(H,17,19). The number of aliphatic hydroxyl groups excluding tert-OH is 1. The molecule has 1 aromatic rings. The molecule has 2 N–H and O–H groups in total. The minimum absolute atomic E-state index is 0.190. The molecule has 0 spiro atoms. The number of amides is 1. The van der Waals surface area contributed by atoms with E-state index >= 15 is 0 Å².